The van der Waals surface area contributed by atoms with E-state index in [1.807, 2.05) is 43.4 Å². The first kappa shape index (κ1) is 18.0. The van der Waals surface area contributed by atoms with Crippen LogP contribution in [-0.2, 0) is 0 Å². The van der Waals surface area contributed by atoms with Gasteiger partial charge in [-0.25, -0.2) is 0 Å². The summed E-state index contributed by atoms with van der Waals surface area (Å²) >= 11 is 0. The number of benzene rings is 1. The molecule has 0 spiro atoms. The third-order valence-electron chi connectivity index (χ3n) is 4.10. The van der Waals surface area contributed by atoms with Gasteiger partial charge in [0.25, 0.3) is 5.91 Å². The molecule has 1 amide bonds. The molecular weight excluding hydrogens is 298 g/mol. The second kappa shape index (κ2) is 8.48. The van der Waals surface area contributed by atoms with Gasteiger partial charge in [0.2, 0.25) is 0 Å². The first-order valence-corrected chi connectivity index (χ1v) is 8.60. The number of carbonyl (C=O) groups excluding carboxylic acids is 1. The molecule has 0 saturated heterocycles. The quantitative estimate of drug-likeness (QED) is 0.803. The van der Waals surface area contributed by atoms with Gasteiger partial charge in [0.15, 0.2) is 0 Å². The van der Waals surface area contributed by atoms with Crippen molar-refractivity contribution in [2.45, 2.75) is 39.5 Å². The average molecular weight is 325 g/mol. The first-order chi connectivity index (χ1) is 11.5. The molecular formula is C20H27N3O. The Morgan fingerprint density at radius 1 is 1.25 bits per heavy atom. The summed E-state index contributed by atoms with van der Waals surface area (Å²) in [5.41, 5.74) is 3.43. The number of anilines is 2. The van der Waals surface area contributed by atoms with Gasteiger partial charge >= 0.3 is 0 Å². The summed E-state index contributed by atoms with van der Waals surface area (Å²) < 4.78 is 0. The lowest BCUT2D eigenvalue weighted by atomic mass is 10.0. The normalized spacial score (nSPS) is 10.7. The number of rotatable bonds is 7. The van der Waals surface area contributed by atoms with Gasteiger partial charge in [-0.1, -0.05) is 45.4 Å². The lowest BCUT2D eigenvalue weighted by Crippen LogP contribution is -2.20. The average Bonchev–Trinajstić information content (AvgIpc) is 2.60. The van der Waals surface area contributed by atoms with Crippen molar-refractivity contribution in [2.75, 3.05) is 23.8 Å². The second-order valence-electron chi connectivity index (χ2n) is 6.37. The summed E-state index contributed by atoms with van der Waals surface area (Å²) in [5.74, 6) is 0.176. The monoisotopic (exact) mass is 325 g/mol. The number of unbranched alkanes of at least 4 members (excludes halogenated alkanes) is 1. The molecule has 128 valence electrons. The van der Waals surface area contributed by atoms with Crippen LogP contribution in [0.5, 0.6) is 0 Å². The molecule has 4 nitrogen and oxygen atoms in total. The number of carbonyl (C=O) groups is 1. The lowest BCUT2D eigenvalue weighted by Gasteiger charge is -2.19. The van der Waals surface area contributed by atoms with Crippen molar-refractivity contribution in [1.82, 2.24) is 4.98 Å². The van der Waals surface area contributed by atoms with Crippen LogP contribution in [0.3, 0.4) is 0 Å². The minimum Gasteiger partial charge on any atom is -0.374 e. The molecule has 0 radical (unpaired) electrons. The maximum atomic E-state index is 12.6. The third kappa shape index (κ3) is 4.57. The van der Waals surface area contributed by atoms with Crippen molar-refractivity contribution in [1.29, 1.82) is 0 Å². The zero-order chi connectivity index (χ0) is 17.5. The SMILES string of the molecule is CCCCN(C)c1ccnc(C(=O)Nc2ccccc2C(C)C)c1. The van der Waals surface area contributed by atoms with E-state index in [2.05, 4.69) is 36.0 Å². The molecule has 1 N–H and O–H groups in total. The number of para-hydroxylation sites is 1. The van der Waals surface area contributed by atoms with Crippen LogP contribution in [0.25, 0.3) is 0 Å². The molecule has 4 heteroatoms. The summed E-state index contributed by atoms with van der Waals surface area (Å²) in [5, 5.41) is 3.00. The fraction of sp³-hybridized carbons (Fsp3) is 0.400. The van der Waals surface area contributed by atoms with Crippen LogP contribution in [0.15, 0.2) is 42.6 Å². The smallest absolute Gasteiger partial charge is 0.274 e. The number of nitrogens with zero attached hydrogens (tertiary/aromatic N) is 2. The zero-order valence-corrected chi connectivity index (χ0v) is 15.0. The van der Waals surface area contributed by atoms with Crippen molar-refractivity contribution in [2.24, 2.45) is 0 Å². The van der Waals surface area contributed by atoms with E-state index in [4.69, 9.17) is 0 Å². The highest BCUT2D eigenvalue weighted by Crippen LogP contribution is 2.24. The fourth-order valence-electron chi connectivity index (χ4n) is 2.61. The summed E-state index contributed by atoms with van der Waals surface area (Å²) in [4.78, 5) is 19.0. The van der Waals surface area contributed by atoms with E-state index >= 15 is 0 Å². The Bertz CT molecular complexity index is 682. The molecule has 1 heterocycles. The highest BCUT2D eigenvalue weighted by Gasteiger charge is 2.13. The van der Waals surface area contributed by atoms with E-state index in [1.54, 1.807) is 6.20 Å². The van der Waals surface area contributed by atoms with Crippen LogP contribution in [0.1, 0.15) is 55.6 Å². The number of amides is 1. The Balaban J connectivity index is 2.16. The highest BCUT2D eigenvalue weighted by atomic mass is 16.1. The van der Waals surface area contributed by atoms with E-state index < -0.39 is 0 Å². The van der Waals surface area contributed by atoms with Gasteiger partial charge in [-0.2, -0.15) is 0 Å². The summed E-state index contributed by atoms with van der Waals surface area (Å²) in [6.07, 6.45) is 3.97. The minimum absolute atomic E-state index is 0.172. The highest BCUT2D eigenvalue weighted by molar-refractivity contribution is 6.03. The largest absolute Gasteiger partial charge is 0.374 e. The predicted molar refractivity (Wildman–Crippen MR) is 101 cm³/mol. The number of hydrogen-bond donors (Lipinski definition) is 1. The molecule has 0 saturated carbocycles. The fourth-order valence-corrected chi connectivity index (χ4v) is 2.61. The van der Waals surface area contributed by atoms with E-state index in [0.29, 0.717) is 11.6 Å². The maximum Gasteiger partial charge on any atom is 0.274 e. The number of pyridine rings is 1. The molecule has 0 unspecified atom stereocenters. The lowest BCUT2D eigenvalue weighted by molar-refractivity contribution is 0.102. The Labute approximate surface area is 144 Å². The summed E-state index contributed by atoms with van der Waals surface area (Å²) in [6.45, 7) is 7.38. The van der Waals surface area contributed by atoms with Gasteiger partial charge in [0, 0.05) is 31.2 Å². The molecule has 0 fully saturated rings. The number of aromatic nitrogens is 1. The molecule has 1 aromatic heterocycles. The molecule has 0 bridgehead atoms. The topological polar surface area (TPSA) is 45.2 Å². The van der Waals surface area contributed by atoms with Crippen LogP contribution in [0.4, 0.5) is 11.4 Å². The van der Waals surface area contributed by atoms with Crippen LogP contribution in [-0.4, -0.2) is 24.5 Å². The molecule has 1 aromatic carbocycles. The Kier molecular flexibility index (Phi) is 6.36. The zero-order valence-electron chi connectivity index (χ0n) is 15.0. The molecule has 0 aliphatic carbocycles. The number of hydrogen-bond acceptors (Lipinski definition) is 3. The maximum absolute atomic E-state index is 12.6. The van der Waals surface area contributed by atoms with E-state index in [0.717, 1.165) is 36.3 Å². The van der Waals surface area contributed by atoms with Gasteiger partial charge < -0.3 is 10.2 Å². The number of nitrogens with one attached hydrogen (secondary N) is 1. The molecule has 2 aromatic rings. The predicted octanol–water partition coefficient (Wildman–Crippen LogP) is 4.69. The van der Waals surface area contributed by atoms with Crippen molar-refractivity contribution >= 4 is 17.3 Å². The van der Waals surface area contributed by atoms with E-state index in [1.165, 1.54) is 0 Å². The Morgan fingerprint density at radius 3 is 2.71 bits per heavy atom. The summed E-state index contributed by atoms with van der Waals surface area (Å²) in [6, 6.07) is 11.7. The standard InChI is InChI=1S/C20H27N3O/c1-5-6-13-23(4)16-11-12-21-19(14-16)20(24)22-18-10-8-7-9-17(18)15(2)3/h7-12,14-15H,5-6,13H2,1-4H3,(H,22,24). The van der Waals surface area contributed by atoms with Crippen molar-refractivity contribution in [3.63, 3.8) is 0 Å². The van der Waals surface area contributed by atoms with E-state index in [-0.39, 0.29) is 5.91 Å². The van der Waals surface area contributed by atoms with Crippen molar-refractivity contribution in [3.05, 3.63) is 53.9 Å². The van der Waals surface area contributed by atoms with E-state index in [9.17, 15) is 4.79 Å². The Hall–Kier alpha value is -2.36. The molecule has 24 heavy (non-hydrogen) atoms. The van der Waals surface area contributed by atoms with Crippen molar-refractivity contribution in [3.8, 4) is 0 Å². The first-order valence-electron chi connectivity index (χ1n) is 8.60. The van der Waals surface area contributed by atoms with Crippen LogP contribution in [0.2, 0.25) is 0 Å². The van der Waals surface area contributed by atoms with Gasteiger partial charge in [-0.15, -0.1) is 0 Å². The Morgan fingerprint density at radius 2 is 2.00 bits per heavy atom. The molecule has 0 aliphatic rings. The van der Waals surface area contributed by atoms with Crippen molar-refractivity contribution < 1.29 is 4.79 Å². The van der Waals surface area contributed by atoms with Crippen LogP contribution in [0, 0.1) is 0 Å². The second-order valence-corrected chi connectivity index (χ2v) is 6.37. The minimum atomic E-state index is -0.172. The van der Waals surface area contributed by atoms with Gasteiger partial charge in [-0.3, -0.25) is 9.78 Å². The van der Waals surface area contributed by atoms with Gasteiger partial charge in [0.05, 0.1) is 0 Å². The molecule has 2 rings (SSSR count). The van der Waals surface area contributed by atoms with Gasteiger partial charge in [-0.05, 0) is 36.1 Å². The van der Waals surface area contributed by atoms with Gasteiger partial charge in [0.1, 0.15) is 5.69 Å². The molecule has 0 atom stereocenters. The third-order valence-corrected chi connectivity index (χ3v) is 4.10. The van der Waals surface area contributed by atoms with Crippen LogP contribution < -0.4 is 10.2 Å². The summed E-state index contributed by atoms with van der Waals surface area (Å²) in [7, 11) is 2.04. The van der Waals surface area contributed by atoms with Crippen LogP contribution >= 0.6 is 0 Å². The molecule has 0 aliphatic heterocycles.